The summed E-state index contributed by atoms with van der Waals surface area (Å²) in [6.07, 6.45) is 0.590. The van der Waals surface area contributed by atoms with Gasteiger partial charge in [0.2, 0.25) is 5.91 Å². The van der Waals surface area contributed by atoms with Gasteiger partial charge in [0.05, 0.1) is 84.2 Å². The van der Waals surface area contributed by atoms with Crippen molar-refractivity contribution in [3.05, 3.63) is 126 Å². The Balaban J connectivity index is 0.000000284. The Kier molecular flexibility index (Phi) is 30.6. The maximum absolute atomic E-state index is 12.7. The number of likely N-dealkylation sites (N-methyl/N-ethyl adjacent to an activating group) is 3. The van der Waals surface area contributed by atoms with E-state index in [0.717, 1.165) is 60.5 Å². The highest BCUT2D eigenvalue weighted by Crippen LogP contribution is 2.40. The summed E-state index contributed by atoms with van der Waals surface area (Å²) in [5.41, 5.74) is 9.55. The summed E-state index contributed by atoms with van der Waals surface area (Å²) in [6, 6.07) is 23.2. The zero-order chi connectivity index (χ0) is 54.3. The maximum Gasteiger partial charge on any atom is 0.246 e. The molecule has 23 heteroatoms. The van der Waals surface area contributed by atoms with Gasteiger partial charge in [-0.25, -0.2) is 8.93 Å². The van der Waals surface area contributed by atoms with Crippen LogP contribution in [0.25, 0.3) is 0 Å². The molecule has 6 rings (SSSR count). The van der Waals surface area contributed by atoms with Crippen molar-refractivity contribution in [3.8, 4) is 5.75 Å². The largest absolute Gasteiger partial charge is 0.378 e. The zero-order valence-electron chi connectivity index (χ0n) is 43.4. The second-order valence-corrected chi connectivity index (χ2v) is 20.6. The van der Waals surface area contributed by atoms with Crippen molar-refractivity contribution in [2.45, 2.75) is 29.8 Å². The van der Waals surface area contributed by atoms with Gasteiger partial charge in [-0.3, -0.25) is 4.79 Å². The second kappa shape index (κ2) is 36.7. The molecule has 4 aromatic carbocycles. The Labute approximate surface area is 469 Å². The van der Waals surface area contributed by atoms with Gasteiger partial charge in [-0.2, -0.15) is 5.48 Å². The predicted octanol–water partition coefficient (Wildman–Crippen LogP) is 6.22. The van der Waals surface area contributed by atoms with E-state index in [1.54, 1.807) is 6.07 Å². The first-order chi connectivity index (χ1) is 37.0. The molecule has 4 aromatic rings. The number of rotatable bonds is 35. The van der Waals surface area contributed by atoms with Crippen molar-refractivity contribution in [2.24, 2.45) is 0 Å². The summed E-state index contributed by atoms with van der Waals surface area (Å²) >= 11 is 25.5. The summed E-state index contributed by atoms with van der Waals surface area (Å²) in [5, 5.41) is 8.31. The highest BCUT2D eigenvalue weighted by Gasteiger charge is 2.28. The van der Waals surface area contributed by atoms with Crippen molar-refractivity contribution >= 4 is 69.6 Å². The van der Waals surface area contributed by atoms with Crippen molar-refractivity contribution in [1.82, 2.24) is 30.6 Å². The van der Waals surface area contributed by atoms with Gasteiger partial charge >= 0.3 is 0 Å². The summed E-state index contributed by atoms with van der Waals surface area (Å²) in [6.45, 7) is 10.9. The molecular formula is C53H72Cl4N6O12S. The average Bonchev–Trinajstić information content (AvgIpc) is 3.43. The molecule has 1 amide bonds. The molecule has 76 heavy (non-hydrogen) atoms. The molecule has 2 aliphatic heterocycles. The molecule has 0 aliphatic carbocycles. The van der Waals surface area contributed by atoms with Gasteiger partial charge in [0.1, 0.15) is 30.5 Å². The first-order valence-electron chi connectivity index (χ1n) is 25.1. The molecule has 0 saturated carbocycles. The molecule has 0 aromatic heterocycles. The molecule has 4 N–H and O–H groups in total. The van der Waals surface area contributed by atoms with Gasteiger partial charge in [-0.15, -0.1) is 0 Å². The van der Waals surface area contributed by atoms with E-state index in [4.69, 9.17) is 89.4 Å². The molecular weight excluding hydrogens is 1090 g/mol. The van der Waals surface area contributed by atoms with Gasteiger partial charge in [0.15, 0.2) is 5.75 Å². The number of fused-ring (bicyclic) bond motifs is 2. The summed E-state index contributed by atoms with van der Waals surface area (Å²) in [4.78, 5) is 37.1. The van der Waals surface area contributed by atoms with Crippen LogP contribution in [0.3, 0.4) is 0 Å². The lowest BCUT2D eigenvalue weighted by molar-refractivity contribution is -0.259. The van der Waals surface area contributed by atoms with E-state index in [1.807, 2.05) is 73.8 Å². The van der Waals surface area contributed by atoms with Gasteiger partial charge in [0.25, 0.3) is 0 Å². The Hall–Kier alpha value is -3.39. The predicted molar refractivity (Wildman–Crippen MR) is 295 cm³/mol. The minimum atomic E-state index is -1.35. The van der Waals surface area contributed by atoms with E-state index >= 15 is 0 Å². The number of hydroxylamine groups is 1. The van der Waals surface area contributed by atoms with Crippen LogP contribution >= 0.6 is 46.4 Å². The smallest absolute Gasteiger partial charge is 0.246 e. The van der Waals surface area contributed by atoms with Crippen LogP contribution in [-0.2, 0) is 71.8 Å². The van der Waals surface area contributed by atoms with E-state index in [9.17, 15) is 13.8 Å². The first kappa shape index (κ1) is 63.4. The number of nitrogens with one attached hydrogen (secondary N) is 4. The van der Waals surface area contributed by atoms with E-state index in [-0.39, 0.29) is 31.0 Å². The quantitative estimate of drug-likeness (QED) is 0.0176. The second-order valence-electron chi connectivity index (χ2n) is 17.6. The van der Waals surface area contributed by atoms with Gasteiger partial charge in [-0.1, -0.05) is 75.7 Å². The minimum Gasteiger partial charge on any atom is -0.378 e. The number of aldehydes is 1. The van der Waals surface area contributed by atoms with Crippen LogP contribution in [0.1, 0.15) is 45.2 Å². The molecule has 2 aliphatic rings. The van der Waals surface area contributed by atoms with Crippen molar-refractivity contribution in [3.63, 3.8) is 0 Å². The van der Waals surface area contributed by atoms with Gasteiger partial charge in [-0.05, 0) is 103 Å². The van der Waals surface area contributed by atoms with E-state index in [0.29, 0.717) is 136 Å². The molecule has 3 atom stereocenters. The van der Waals surface area contributed by atoms with Gasteiger partial charge in [0, 0.05) is 84.3 Å². The minimum absolute atomic E-state index is 0.0988. The standard InChI is InChI=1S/C28H37Cl2N3O7S.C25H35Cl2N3O5/c1-33-18-25(24-16-22(29)17-27(30)26(24)19-33)21-2-4-23(5-3-21)41(36)32-7-10-38-13-15-39-14-12-37-9-6-31-28(35)20-40-11-8-34;1-28-7-9-31-11-13-33-14-12-32-10-8-29-35-34-21-5-3-19(4-6-21)23-17-30(2)18-24-22(23)15-20(26)16-25(24)27/h2-5,8,16-17,25,32H,6-7,9-15,18-20H2,1H3,(H,31,35);3-6,15-16,23,28-29H,7-14,17-18H2,1-2H3. The molecule has 2 heterocycles. The van der Waals surface area contributed by atoms with E-state index in [2.05, 4.69) is 44.7 Å². The van der Waals surface area contributed by atoms with E-state index < -0.39 is 11.0 Å². The highest BCUT2D eigenvalue weighted by atomic mass is 35.5. The normalized spacial score (nSPS) is 15.8. The molecule has 420 valence electrons. The van der Waals surface area contributed by atoms with Crippen LogP contribution in [0.4, 0.5) is 0 Å². The number of carbonyl (C=O) groups is 2. The van der Waals surface area contributed by atoms with Crippen molar-refractivity contribution < 1.29 is 56.8 Å². The van der Waals surface area contributed by atoms with Crippen LogP contribution in [0.2, 0.25) is 20.1 Å². The van der Waals surface area contributed by atoms with E-state index in [1.165, 1.54) is 5.56 Å². The zero-order valence-corrected chi connectivity index (χ0v) is 47.3. The summed E-state index contributed by atoms with van der Waals surface area (Å²) in [5.74, 6) is 0.610. The van der Waals surface area contributed by atoms with Crippen molar-refractivity contribution in [1.29, 1.82) is 0 Å². The van der Waals surface area contributed by atoms with Crippen LogP contribution in [-0.4, -0.2) is 179 Å². The van der Waals surface area contributed by atoms with Crippen LogP contribution in [0.15, 0.2) is 77.7 Å². The third-order valence-corrected chi connectivity index (χ3v) is 14.0. The first-order valence-corrected chi connectivity index (χ1v) is 27.8. The number of ether oxygens (including phenoxy) is 7. The monoisotopic (exact) mass is 1160 g/mol. The lowest BCUT2D eigenvalue weighted by atomic mass is 9.85. The lowest BCUT2D eigenvalue weighted by Crippen LogP contribution is -2.31. The SMILES string of the molecule is CN1Cc2c(Cl)cc(Cl)cc2C(c2ccc(S(=O)NCCOCCOCCOCCNC(=O)COCC=O)cc2)C1.CNCCOCCOCCOCCNOOc1ccc(C2CN(C)Cc3c(Cl)cc(Cl)cc32)cc1. The third kappa shape index (κ3) is 23.1. The number of halogens is 4. The third-order valence-electron chi connectivity index (χ3n) is 11.8. The molecule has 18 nitrogen and oxygen atoms in total. The number of hydrogen-bond donors (Lipinski definition) is 4. The van der Waals surface area contributed by atoms with Crippen LogP contribution in [0.5, 0.6) is 5.75 Å². The number of carbonyl (C=O) groups excluding carboxylic acids is 2. The number of amides is 1. The number of hydrogen-bond acceptors (Lipinski definition) is 16. The fraction of sp³-hybridized carbons (Fsp3) is 0.509. The Morgan fingerprint density at radius 2 is 1.08 bits per heavy atom. The van der Waals surface area contributed by atoms with Gasteiger partial charge < -0.3 is 63.3 Å². The molecule has 0 bridgehead atoms. The molecule has 0 fully saturated rings. The Bertz CT molecular complexity index is 2350. The molecule has 0 saturated heterocycles. The lowest BCUT2D eigenvalue weighted by Gasteiger charge is -2.33. The Morgan fingerprint density at radius 1 is 0.618 bits per heavy atom. The summed E-state index contributed by atoms with van der Waals surface area (Å²) in [7, 11) is 4.71. The van der Waals surface area contributed by atoms with Crippen LogP contribution in [0, 0.1) is 0 Å². The average molecular weight is 1160 g/mol. The molecule has 0 spiro atoms. The number of benzene rings is 4. The fourth-order valence-electron chi connectivity index (χ4n) is 8.13. The number of nitrogens with zero attached hydrogens (tertiary/aromatic N) is 2. The Morgan fingerprint density at radius 3 is 1.58 bits per heavy atom. The fourth-order valence-corrected chi connectivity index (χ4v) is 10.1. The molecule has 0 radical (unpaired) electrons. The highest BCUT2D eigenvalue weighted by molar-refractivity contribution is 7.83. The van der Waals surface area contributed by atoms with Crippen molar-refractivity contribution in [2.75, 3.05) is 153 Å². The molecule has 3 unspecified atom stereocenters. The van der Waals surface area contributed by atoms with Crippen LogP contribution < -0.4 is 25.7 Å². The topological polar surface area (TPSA) is 189 Å². The maximum atomic E-state index is 12.7. The summed E-state index contributed by atoms with van der Waals surface area (Å²) < 4.78 is 53.0.